The topological polar surface area (TPSA) is 73.6 Å². The molecular formula is C30H26N2O4. The molecule has 4 aromatic carbocycles. The van der Waals surface area contributed by atoms with Gasteiger partial charge in [-0.2, -0.15) is 0 Å². The number of hydrogen-bond donors (Lipinski definition) is 1. The lowest BCUT2D eigenvalue weighted by molar-refractivity contribution is 0.0697. The van der Waals surface area contributed by atoms with E-state index in [0.717, 1.165) is 52.4 Å². The first-order valence-electron chi connectivity index (χ1n) is 11.9. The standard InChI is InChI=1S/C30H26N2O4/c33-30(34)24-13-11-23(12-14-24)29-31-27-9-4-5-10-28(27)32(29)19-6-20-35-25-15-17-26(18-16-25)36-21-22-7-2-1-3-8-22/h1-5,7-18H,6,19-21H2,(H,33,34). The molecular weight excluding hydrogens is 452 g/mol. The summed E-state index contributed by atoms with van der Waals surface area (Å²) in [5.74, 6) is 1.47. The Bertz CT molecular complexity index is 1440. The minimum Gasteiger partial charge on any atom is -0.494 e. The number of aromatic nitrogens is 2. The van der Waals surface area contributed by atoms with Gasteiger partial charge >= 0.3 is 5.97 Å². The van der Waals surface area contributed by atoms with Crippen LogP contribution in [0.4, 0.5) is 0 Å². The van der Waals surface area contributed by atoms with Gasteiger partial charge < -0.3 is 19.1 Å². The summed E-state index contributed by atoms with van der Waals surface area (Å²) in [5, 5.41) is 9.20. The van der Waals surface area contributed by atoms with Crippen molar-refractivity contribution < 1.29 is 19.4 Å². The van der Waals surface area contributed by atoms with Crippen LogP contribution in [-0.2, 0) is 13.2 Å². The molecule has 0 atom stereocenters. The van der Waals surface area contributed by atoms with E-state index in [9.17, 15) is 9.90 Å². The summed E-state index contributed by atoms with van der Waals surface area (Å²) in [5.41, 5.74) is 4.20. The molecule has 0 saturated heterocycles. The molecule has 0 radical (unpaired) electrons. The Labute approximate surface area is 209 Å². The fraction of sp³-hybridized carbons (Fsp3) is 0.133. The minimum atomic E-state index is -0.942. The van der Waals surface area contributed by atoms with Gasteiger partial charge in [-0.15, -0.1) is 0 Å². The smallest absolute Gasteiger partial charge is 0.335 e. The number of aromatic carboxylic acids is 1. The van der Waals surface area contributed by atoms with Crippen LogP contribution in [0, 0.1) is 0 Å². The first-order chi connectivity index (χ1) is 17.7. The van der Waals surface area contributed by atoms with E-state index in [2.05, 4.69) is 4.57 Å². The zero-order chi connectivity index (χ0) is 24.7. The highest BCUT2D eigenvalue weighted by Gasteiger charge is 2.13. The molecule has 5 rings (SSSR count). The third kappa shape index (κ3) is 5.39. The van der Waals surface area contributed by atoms with Gasteiger partial charge in [-0.3, -0.25) is 0 Å². The molecule has 0 aliphatic heterocycles. The Morgan fingerprint density at radius 2 is 1.44 bits per heavy atom. The van der Waals surface area contributed by atoms with Crippen molar-refractivity contribution >= 4 is 17.0 Å². The predicted molar refractivity (Wildman–Crippen MR) is 139 cm³/mol. The van der Waals surface area contributed by atoms with E-state index in [1.165, 1.54) is 0 Å². The molecule has 5 aromatic rings. The lowest BCUT2D eigenvalue weighted by atomic mass is 10.1. The van der Waals surface area contributed by atoms with E-state index in [0.29, 0.717) is 13.2 Å². The van der Waals surface area contributed by atoms with E-state index in [1.54, 1.807) is 24.3 Å². The fourth-order valence-electron chi connectivity index (χ4n) is 4.07. The number of aryl methyl sites for hydroxylation is 1. The van der Waals surface area contributed by atoms with Crippen LogP contribution < -0.4 is 9.47 Å². The Balaban J connectivity index is 1.21. The summed E-state index contributed by atoms with van der Waals surface area (Å²) in [7, 11) is 0. The van der Waals surface area contributed by atoms with Gasteiger partial charge in [0, 0.05) is 12.1 Å². The highest BCUT2D eigenvalue weighted by atomic mass is 16.5. The van der Waals surface area contributed by atoms with Crippen molar-refractivity contribution in [3.8, 4) is 22.9 Å². The van der Waals surface area contributed by atoms with E-state index in [1.807, 2.05) is 78.9 Å². The third-order valence-corrected chi connectivity index (χ3v) is 5.91. The fourth-order valence-corrected chi connectivity index (χ4v) is 4.07. The number of benzene rings is 4. The Hall–Kier alpha value is -4.58. The first-order valence-corrected chi connectivity index (χ1v) is 11.9. The van der Waals surface area contributed by atoms with Crippen molar-refractivity contribution in [1.82, 2.24) is 9.55 Å². The van der Waals surface area contributed by atoms with E-state index >= 15 is 0 Å². The van der Waals surface area contributed by atoms with Gasteiger partial charge in [0.2, 0.25) is 0 Å². The number of hydrogen-bond acceptors (Lipinski definition) is 4. The van der Waals surface area contributed by atoms with Crippen LogP contribution in [0.5, 0.6) is 11.5 Å². The summed E-state index contributed by atoms with van der Waals surface area (Å²) in [6.07, 6.45) is 0.785. The van der Waals surface area contributed by atoms with Crippen molar-refractivity contribution in [1.29, 1.82) is 0 Å². The third-order valence-electron chi connectivity index (χ3n) is 5.91. The Morgan fingerprint density at radius 1 is 0.778 bits per heavy atom. The summed E-state index contributed by atoms with van der Waals surface area (Å²) < 4.78 is 14.0. The Kier molecular flexibility index (Phi) is 6.94. The molecule has 0 fully saturated rings. The molecule has 0 amide bonds. The van der Waals surface area contributed by atoms with E-state index in [4.69, 9.17) is 14.5 Å². The number of para-hydroxylation sites is 2. The number of nitrogens with zero attached hydrogens (tertiary/aromatic N) is 2. The Morgan fingerprint density at radius 3 is 2.17 bits per heavy atom. The van der Waals surface area contributed by atoms with Crippen molar-refractivity contribution in [3.05, 3.63) is 114 Å². The molecule has 1 aromatic heterocycles. The normalized spacial score (nSPS) is 10.9. The second-order valence-electron chi connectivity index (χ2n) is 8.41. The molecule has 0 unspecified atom stereocenters. The maximum atomic E-state index is 11.2. The van der Waals surface area contributed by atoms with Crippen LogP contribution in [-0.4, -0.2) is 27.2 Å². The minimum absolute atomic E-state index is 0.256. The molecule has 1 N–H and O–H groups in total. The predicted octanol–water partition coefficient (Wildman–Crippen LogP) is 6.45. The van der Waals surface area contributed by atoms with Crippen LogP contribution in [0.1, 0.15) is 22.3 Å². The molecule has 6 nitrogen and oxygen atoms in total. The molecule has 36 heavy (non-hydrogen) atoms. The van der Waals surface area contributed by atoms with Gasteiger partial charge in [-0.1, -0.05) is 54.6 Å². The van der Waals surface area contributed by atoms with Crippen LogP contribution in [0.25, 0.3) is 22.4 Å². The molecule has 0 aliphatic rings. The van der Waals surface area contributed by atoms with Crippen LogP contribution in [0.3, 0.4) is 0 Å². The quantitative estimate of drug-likeness (QED) is 0.234. The highest BCUT2D eigenvalue weighted by Crippen LogP contribution is 2.26. The monoisotopic (exact) mass is 478 g/mol. The summed E-state index contributed by atoms with van der Waals surface area (Å²) in [4.78, 5) is 16.0. The van der Waals surface area contributed by atoms with Crippen LogP contribution >= 0.6 is 0 Å². The second kappa shape index (κ2) is 10.8. The lowest BCUT2D eigenvalue weighted by Gasteiger charge is -2.11. The average Bonchev–Trinajstić information content (AvgIpc) is 3.30. The van der Waals surface area contributed by atoms with Crippen molar-refractivity contribution in [3.63, 3.8) is 0 Å². The SMILES string of the molecule is O=C(O)c1ccc(-c2nc3ccccc3n2CCCOc2ccc(OCc3ccccc3)cc2)cc1. The van der Waals surface area contributed by atoms with E-state index in [-0.39, 0.29) is 5.56 Å². The maximum absolute atomic E-state index is 11.2. The lowest BCUT2D eigenvalue weighted by Crippen LogP contribution is -2.06. The summed E-state index contributed by atoms with van der Waals surface area (Å²) in [6.45, 7) is 1.80. The van der Waals surface area contributed by atoms with Crippen molar-refractivity contribution in [2.45, 2.75) is 19.6 Å². The van der Waals surface area contributed by atoms with Crippen molar-refractivity contribution in [2.75, 3.05) is 6.61 Å². The number of ether oxygens (including phenoxy) is 2. The molecule has 0 saturated carbocycles. The van der Waals surface area contributed by atoms with Gasteiger partial charge in [0.25, 0.3) is 0 Å². The van der Waals surface area contributed by atoms with Crippen molar-refractivity contribution in [2.24, 2.45) is 0 Å². The largest absolute Gasteiger partial charge is 0.494 e. The molecule has 0 aliphatic carbocycles. The van der Waals surface area contributed by atoms with E-state index < -0.39 is 5.97 Å². The number of carboxylic acids is 1. The summed E-state index contributed by atoms with van der Waals surface area (Å²) in [6, 6.07) is 32.6. The van der Waals surface area contributed by atoms with Crippen LogP contribution in [0.2, 0.25) is 0 Å². The highest BCUT2D eigenvalue weighted by molar-refractivity contribution is 5.88. The number of fused-ring (bicyclic) bond motifs is 1. The first kappa shape index (κ1) is 23.2. The average molecular weight is 479 g/mol. The zero-order valence-electron chi connectivity index (χ0n) is 19.7. The second-order valence-corrected chi connectivity index (χ2v) is 8.41. The number of carboxylic acid groups (broad SMARTS) is 1. The number of imidazole rings is 1. The molecule has 0 bridgehead atoms. The van der Waals surface area contributed by atoms with Gasteiger partial charge in [-0.25, -0.2) is 9.78 Å². The number of rotatable bonds is 10. The van der Waals surface area contributed by atoms with Gasteiger partial charge in [-0.05, 0) is 60.5 Å². The van der Waals surface area contributed by atoms with Gasteiger partial charge in [0.05, 0.1) is 23.2 Å². The van der Waals surface area contributed by atoms with Gasteiger partial charge in [0.1, 0.15) is 23.9 Å². The molecule has 6 heteroatoms. The maximum Gasteiger partial charge on any atom is 0.335 e. The van der Waals surface area contributed by atoms with Gasteiger partial charge in [0.15, 0.2) is 0 Å². The molecule has 0 spiro atoms. The molecule has 1 heterocycles. The molecule has 180 valence electrons. The van der Waals surface area contributed by atoms with Crippen LogP contribution in [0.15, 0.2) is 103 Å². The summed E-state index contributed by atoms with van der Waals surface area (Å²) >= 11 is 0. The zero-order valence-corrected chi connectivity index (χ0v) is 19.7. The number of carbonyl (C=O) groups is 1.